The number of sulfonamides is 1. The number of rotatable bonds is 6. The van der Waals surface area contributed by atoms with Crippen LogP contribution in [-0.4, -0.2) is 52.1 Å². The van der Waals surface area contributed by atoms with Crippen LogP contribution >= 0.6 is 0 Å². The predicted molar refractivity (Wildman–Crippen MR) is 99.5 cm³/mol. The second kappa shape index (κ2) is 8.50. The summed E-state index contributed by atoms with van der Waals surface area (Å²) in [6, 6.07) is 6.32. The average molecular weight is 381 g/mol. The Morgan fingerprint density at radius 2 is 2.00 bits per heavy atom. The van der Waals surface area contributed by atoms with Crippen LogP contribution in [0.25, 0.3) is 0 Å². The van der Waals surface area contributed by atoms with Crippen molar-refractivity contribution in [1.29, 1.82) is 0 Å². The molecule has 1 aromatic rings. The summed E-state index contributed by atoms with van der Waals surface area (Å²) < 4.78 is 33.2. The van der Waals surface area contributed by atoms with Crippen molar-refractivity contribution >= 4 is 15.9 Å². The number of likely N-dealkylation sites (tertiary alicyclic amines) is 1. The Balaban J connectivity index is 1.66. The van der Waals surface area contributed by atoms with Gasteiger partial charge in [-0.1, -0.05) is 25.3 Å². The van der Waals surface area contributed by atoms with Gasteiger partial charge < -0.3 is 9.64 Å². The smallest absolute Gasteiger partial charge is 0.253 e. The molecule has 1 unspecified atom stereocenters. The molecule has 1 aliphatic carbocycles. The van der Waals surface area contributed by atoms with Gasteiger partial charge in [-0.25, -0.2) is 13.1 Å². The topological polar surface area (TPSA) is 75.7 Å². The predicted octanol–water partition coefficient (Wildman–Crippen LogP) is 2.41. The fraction of sp³-hybridized carbons (Fsp3) is 0.632. The molecule has 1 saturated carbocycles. The van der Waals surface area contributed by atoms with Gasteiger partial charge in [-0.2, -0.15) is 0 Å². The van der Waals surface area contributed by atoms with Gasteiger partial charge in [-0.3, -0.25) is 4.79 Å². The van der Waals surface area contributed by atoms with Crippen LogP contribution in [0.4, 0.5) is 0 Å². The van der Waals surface area contributed by atoms with E-state index in [1.165, 1.54) is 25.3 Å². The summed E-state index contributed by atoms with van der Waals surface area (Å²) in [5.74, 6) is 0.271. The molecular weight excluding hydrogens is 352 g/mol. The number of amides is 1. The number of nitrogens with zero attached hydrogens (tertiary/aromatic N) is 1. The molecule has 144 valence electrons. The van der Waals surface area contributed by atoms with Gasteiger partial charge in [-0.15, -0.1) is 0 Å². The van der Waals surface area contributed by atoms with Crippen LogP contribution in [0.15, 0.2) is 29.2 Å². The number of hydrogen-bond donors (Lipinski definition) is 1. The molecule has 1 N–H and O–H groups in total. The molecule has 1 aliphatic heterocycles. The van der Waals surface area contributed by atoms with Crippen LogP contribution in [-0.2, 0) is 14.8 Å². The first kappa shape index (κ1) is 19.3. The van der Waals surface area contributed by atoms with E-state index in [0.717, 1.165) is 19.3 Å². The molecular formula is C19H28N2O4S. The summed E-state index contributed by atoms with van der Waals surface area (Å²) in [4.78, 5) is 14.5. The molecule has 0 spiro atoms. The summed E-state index contributed by atoms with van der Waals surface area (Å²) >= 11 is 0. The fourth-order valence-electron chi connectivity index (χ4n) is 3.79. The van der Waals surface area contributed by atoms with Gasteiger partial charge in [0.25, 0.3) is 5.91 Å². The summed E-state index contributed by atoms with van der Waals surface area (Å²) in [6.07, 6.45) is 6.62. The lowest BCUT2D eigenvalue weighted by molar-refractivity contribution is 0.0724. The van der Waals surface area contributed by atoms with Crippen LogP contribution in [0.2, 0.25) is 0 Å². The Hall–Kier alpha value is -1.44. The molecule has 3 rings (SSSR count). The van der Waals surface area contributed by atoms with Crippen LogP contribution in [0.3, 0.4) is 0 Å². The standard InChI is InChI=1S/C19H28N2O4S/c1-25-17-10-11-21(14-17)19(22)16-8-5-9-18(12-16)26(23,24)20-13-15-6-3-2-4-7-15/h5,8-9,12,15,17,20H,2-4,6-7,10-11,13-14H2,1H3. The molecule has 2 aliphatic rings. The Labute approximate surface area is 156 Å². The summed E-state index contributed by atoms with van der Waals surface area (Å²) in [6.45, 7) is 1.66. The molecule has 2 fully saturated rings. The van der Waals surface area contributed by atoms with E-state index >= 15 is 0 Å². The van der Waals surface area contributed by atoms with E-state index in [4.69, 9.17) is 4.74 Å². The quantitative estimate of drug-likeness (QED) is 0.822. The van der Waals surface area contributed by atoms with Gasteiger partial charge in [0.2, 0.25) is 10.0 Å². The van der Waals surface area contributed by atoms with Gasteiger partial charge in [0.1, 0.15) is 0 Å². The molecule has 0 radical (unpaired) electrons. The van der Waals surface area contributed by atoms with Gasteiger partial charge >= 0.3 is 0 Å². The highest BCUT2D eigenvalue weighted by molar-refractivity contribution is 7.89. The van der Waals surface area contributed by atoms with Crippen molar-refractivity contribution in [2.45, 2.75) is 49.5 Å². The minimum absolute atomic E-state index is 0.0584. The zero-order valence-corrected chi connectivity index (χ0v) is 16.1. The first-order chi connectivity index (χ1) is 12.5. The third kappa shape index (κ3) is 4.64. The Morgan fingerprint density at radius 1 is 1.23 bits per heavy atom. The average Bonchev–Trinajstić information content (AvgIpc) is 3.16. The Morgan fingerprint density at radius 3 is 2.69 bits per heavy atom. The SMILES string of the molecule is COC1CCN(C(=O)c2cccc(S(=O)(=O)NCC3CCCCC3)c2)C1. The molecule has 1 atom stereocenters. The highest BCUT2D eigenvalue weighted by Gasteiger charge is 2.27. The van der Waals surface area contributed by atoms with Crippen molar-refractivity contribution in [3.8, 4) is 0 Å². The van der Waals surface area contributed by atoms with Crippen molar-refractivity contribution in [3.63, 3.8) is 0 Å². The fourth-order valence-corrected chi connectivity index (χ4v) is 4.95. The van der Waals surface area contributed by atoms with Gasteiger partial charge in [0.05, 0.1) is 11.0 Å². The van der Waals surface area contributed by atoms with E-state index in [1.807, 2.05) is 0 Å². The maximum absolute atomic E-state index is 12.6. The Kier molecular flexibility index (Phi) is 6.32. The van der Waals surface area contributed by atoms with E-state index in [1.54, 1.807) is 30.2 Å². The molecule has 1 aromatic carbocycles. The highest BCUT2D eigenvalue weighted by Crippen LogP contribution is 2.23. The van der Waals surface area contributed by atoms with Crippen molar-refractivity contribution in [3.05, 3.63) is 29.8 Å². The molecule has 26 heavy (non-hydrogen) atoms. The van der Waals surface area contributed by atoms with Crippen molar-refractivity contribution in [2.24, 2.45) is 5.92 Å². The molecule has 1 amide bonds. The second-order valence-corrected chi connectivity index (χ2v) is 9.05. The van der Waals surface area contributed by atoms with Crippen molar-refractivity contribution in [1.82, 2.24) is 9.62 Å². The minimum Gasteiger partial charge on any atom is -0.380 e. The molecule has 0 aromatic heterocycles. The monoisotopic (exact) mass is 380 g/mol. The summed E-state index contributed by atoms with van der Waals surface area (Å²) in [5, 5.41) is 0. The maximum atomic E-state index is 12.6. The second-order valence-electron chi connectivity index (χ2n) is 7.28. The van der Waals surface area contributed by atoms with E-state index < -0.39 is 10.0 Å². The number of methoxy groups -OCH3 is 1. The number of carbonyl (C=O) groups excluding carboxylic acids is 1. The summed E-state index contributed by atoms with van der Waals surface area (Å²) in [5.41, 5.74) is 0.405. The number of hydrogen-bond acceptors (Lipinski definition) is 4. The first-order valence-electron chi connectivity index (χ1n) is 9.41. The van der Waals surface area contributed by atoms with Crippen LogP contribution in [0.1, 0.15) is 48.9 Å². The van der Waals surface area contributed by atoms with Gasteiger partial charge in [0, 0.05) is 32.3 Å². The van der Waals surface area contributed by atoms with E-state index in [9.17, 15) is 13.2 Å². The lowest BCUT2D eigenvalue weighted by Gasteiger charge is -2.21. The van der Waals surface area contributed by atoms with E-state index in [0.29, 0.717) is 31.1 Å². The number of carbonyl (C=O) groups is 1. The largest absolute Gasteiger partial charge is 0.380 e. The van der Waals surface area contributed by atoms with Crippen LogP contribution in [0, 0.1) is 5.92 Å². The zero-order valence-electron chi connectivity index (χ0n) is 15.3. The van der Waals surface area contributed by atoms with Crippen LogP contribution < -0.4 is 4.72 Å². The van der Waals surface area contributed by atoms with Gasteiger partial charge in [-0.05, 0) is 43.4 Å². The third-order valence-electron chi connectivity index (χ3n) is 5.44. The number of nitrogens with one attached hydrogen (secondary N) is 1. The van der Waals surface area contributed by atoms with Crippen molar-refractivity contribution in [2.75, 3.05) is 26.7 Å². The first-order valence-corrected chi connectivity index (χ1v) is 10.9. The molecule has 1 saturated heterocycles. The van der Waals surface area contributed by atoms with Crippen LogP contribution in [0.5, 0.6) is 0 Å². The summed E-state index contributed by atoms with van der Waals surface area (Å²) in [7, 11) is -1.96. The molecule has 0 bridgehead atoms. The Bertz CT molecular complexity index is 729. The number of ether oxygens (including phenoxy) is 1. The normalized spacial score (nSPS) is 21.9. The zero-order chi connectivity index (χ0) is 18.6. The number of benzene rings is 1. The minimum atomic E-state index is -3.60. The van der Waals surface area contributed by atoms with Crippen molar-refractivity contribution < 1.29 is 17.9 Å². The molecule has 1 heterocycles. The molecule has 6 nitrogen and oxygen atoms in total. The third-order valence-corrected chi connectivity index (χ3v) is 6.86. The van der Waals surface area contributed by atoms with Gasteiger partial charge in [0.15, 0.2) is 0 Å². The molecule has 7 heteroatoms. The van der Waals surface area contributed by atoms with E-state index in [-0.39, 0.29) is 16.9 Å². The van der Waals surface area contributed by atoms with E-state index in [2.05, 4.69) is 4.72 Å². The highest BCUT2D eigenvalue weighted by atomic mass is 32.2. The lowest BCUT2D eigenvalue weighted by Crippen LogP contribution is -2.31. The lowest BCUT2D eigenvalue weighted by atomic mass is 9.90. The maximum Gasteiger partial charge on any atom is 0.253 e.